The van der Waals surface area contributed by atoms with Crippen LogP contribution in [0.5, 0.6) is 0 Å². The van der Waals surface area contributed by atoms with Crippen LogP contribution in [0, 0.1) is 13.8 Å². The smallest absolute Gasteiger partial charge is 0.125 e. The van der Waals surface area contributed by atoms with Gasteiger partial charge in [0.05, 0.1) is 5.69 Å². The Morgan fingerprint density at radius 3 is 2.17 bits per heavy atom. The molecule has 0 aliphatic rings. The van der Waals surface area contributed by atoms with E-state index in [4.69, 9.17) is 0 Å². The Morgan fingerprint density at radius 1 is 0.792 bits per heavy atom. The monoisotopic (exact) mass is 317 g/mol. The Kier molecular flexibility index (Phi) is 4.99. The van der Waals surface area contributed by atoms with Crippen molar-refractivity contribution in [2.24, 2.45) is 0 Å². The summed E-state index contributed by atoms with van der Waals surface area (Å²) in [4.78, 5) is 13.6. The zero-order valence-corrected chi connectivity index (χ0v) is 14.6. The Bertz CT molecular complexity index is 826. The van der Waals surface area contributed by atoms with Crippen LogP contribution in [0.3, 0.4) is 0 Å². The Balaban J connectivity index is 1.84. The highest BCUT2D eigenvalue weighted by Gasteiger charge is 2.09. The Morgan fingerprint density at radius 2 is 1.46 bits per heavy atom. The van der Waals surface area contributed by atoms with E-state index >= 15 is 0 Å². The zero-order valence-electron chi connectivity index (χ0n) is 14.6. The second-order valence-corrected chi connectivity index (χ2v) is 6.18. The fourth-order valence-electron chi connectivity index (χ4n) is 3.03. The van der Waals surface area contributed by atoms with E-state index < -0.39 is 0 Å². The lowest BCUT2D eigenvalue weighted by Crippen LogP contribution is -2.06. The van der Waals surface area contributed by atoms with Crippen molar-refractivity contribution in [3.8, 4) is 0 Å². The van der Waals surface area contributed by atoms with Crippen LogP contribution >= 0.6 is 0 Å². The molecule has 0 amide bonds. The van der Waals surface area contributed by atoms with Crippen LogP contribution in [-0.2, 0) is 19.3 Å². The van der Waals surface area contributed by atoms with Gasteiger partial charge in [-0.2, -0.15) is 0 Å². The quantitative estimate of drug-likeness (QED) is 0.707. The lowest BCUT2D eigenvalue weighted by atomic mass is 10.0. The Hall–Kier alpha value is -2.55. The predicted molar refractivity (Wildman–Crippen MR) is 97.2 cm³/mol. The van der Waals surface area contributed by atoms with Crippen molar-refractivity contribution in [2.45, 2.75) is 40.0 Å². The van der Waals surface area contributed by atoms with E-state index in [0.29, 0.717) is 0 Å². The topological polar surface area (TPSA) is 38.7 Å². The first-order chi connectivity index (χ1) is 11.7. The van der Waals surface area contributed by atoms with Gasteiger partial charge in [0.15, 0.2) is 0 Å². The number of hydrogen-bond donors (Lipinski definition) is 0. The van der Waals surface area contributed by atoms with Gasteiger partial charge in [-0.1, -0.05) is 43.3 Å². The van der Waals surface area contributed by atoms with E-state index in [1.165, 1.54) is 22.3 Å². The summed E-state index contributed by atoms with van der Waals surface area (Å²) in [5, 5.41) is 0. The van der Waals surface area contributed by atoms with Crippen molar-refractivity contribution < 1.29 is 0 Å². The van der Waals surface area contributed by atoms with Gasteiger partial charge in [0.25, 0.3) is 0 Å². The third kappa shape index (κ3) is 3.85. The summed E-state index contributed by atoms with van der Waals surface area (Å²) in [7, 11) is 0. The summed E-state index contributed by atoms with van der Waals surface area (Å²) in [5.74, 6) is 0.848. The third-order valence-corrected chi connectivity index (χ3v) is 4.27. The van der Waals surface area contributed by atoms with Crippen LogP contribution in [0.25, 0.3) is 0 Å². The van der Waals surface area contributed by atoms with E-state index in [0.717, 1.165) is 36.5 Å². The lowest BCUT2D eigenvalue weighted by Gasteiger charge is -2.11. The van der Waals surface area contributed by atoms with Crippen LogP contribution in [-0.4, -0.2) is 15.0 Å². The first kappa shape index (κ1) is 16.3. The van der Waals surface area contributed by atoms with Crippen LogP contribution in [0.2, 0.25) is 0 Å². The highest BCUT2D eigenvalue weighted by atomic mass is 14.9. The molecule has 1 aromatic carbocycles. The second kappa shape index (κ2) is 7.35. The van der Waals surface area contributed by atoms with Gasteiger partial charge in [0.2, 0.25) is 0 Å². The molecule has 3 heteroatoms. The molecule has 0 aliphatic heterocycles. The fraction of sp³-hybridized carbons (Fsp3) is 0.286. The molecule has 0 aliphatic carbocycles. The molecule has 0 atom stereocenters. The minimum atomic E-state index is 0.803. The molecule has 3 aromatic rings. The summed E-state index contributed by atoms with van der Waals surface area (Å²) in [6.07, 6.45) is 6.54. The number of hydrogen-bond acceptors (Lipinski definition) is 3. The summed E-state index contributed by atoms with van der Waals surface area (Å²) < 4.78 is 0. The molecule has 2 heterocycles. The maximum atomic E-state index is 4.65. The summed E-state index contributed by atoms with van der Waals surface area (Å²) >= 11 is 0. The second-order valence-electron chi connectivity index (χ2n) is 6.18. The first-order valence-electron chi connectivity index (χ1n) is 8.45. The molecule has 2 aromatic heterocycles. The summed E-state index contributed by atoms with van der Waals surface area (Å²) in [5.41, 5.74) is 7.20. The molecular formula is C21H23N3. The maximum Gasteiger partial charge on any atom is 0.125 e. The van der Waals surface area contributed by atoms with Gasteiger partial charge >= 0.3 is 0 Å². The normalized spacial score (nSPS) is 10.8. The minimum Gasteiger partial charge on any atom is -0.264 e. The number of rotatable bonds is 5. The number of aryl methyl sites for hydroxylation is 2. The van der Waals surface area contributed by atoms with Crippen molar-refractivity contribution in [3.63, 3.8) is 0 Å². The van der Waals surface area contributed by atoms with Gasteiger partial charge in [-0.25, -0.2) is 9.97 Å². The molecule has 0 bridgehead atoms. The number of aromatic nitrogens is 3. The standard InChI is InChI=1S/C21H23N3/c1-4-20-15(2)21(24-16(3)23-20)12-19-11-18(13-22-14-19)10-17-8-6-5-7-9-17/h5-9,11,13-14H,4,10,12H2,1-3H3. The van der Waals surface area contributed by atoms with Crippen molar-refractivity contribution >= 4 is 0 Å². The predicted octanol–water partition coefficient (Wildman–Crippen LogP) is 4.23. The average molecular weight is 317 g/mol. The largest absolute Gasteiger partial charge is 0.264 e. The van der Waals surface area contributed by atoms with Gasteiger partial charge in [-0.05, 0) is 48.9 Å². The Labute approximate surface area is 143 Å². The molecule has 0 spiro atoms. The molecule has 0 saturated heterocycles. The molecule has 0 radical (unpaired) electrons. The first-order valence-corrected chi connectivity index (χ1v) is 8.45. The van der Waals surface area contributed by atoms with E-state index in [9.17, 15) is 0 Å². The van der Waals surface area contributed by atoms with Crippen molar-refractivity contribution in [3.05, 3.63) is 88.3 Å². The van der Waals surface area contributed by atoms with Gasteiger partial charge in [0.1, 0.15) is 5.82 Å². The molecular weight excluding hydrogens is 294 g/mol. The van der Waals surface area contributed by atoms with E-state index in [-0.39, 0.29) is 0 Å². The minimum absolute atomic E-state index is 0.803. The lowest BCUT2D eigenvalue weighted by molar-refractivity contribution is 0.876. The number of nitrogens with zero attached hydrogens (tertiary/aromatic N) is 3. The van der Waals surface area contributed by atoms with Crippen molar-refractivity contribution in [1.29, 1.82) is 0 Å². The number of benzene rings is 1. The molecule has 0 saturated carbocycles. The van der Waals surface area contributed by atoms with Crippen LogP contribution < -0.4 is 0 Å². The van der Waals surface area contributed by atoms with E-state index in [1.54, 1.807) is 0 Å². The van der Waals surface area contributed by atoms with Crippen LogP contribution in [0.1, 0.15) is 46.4 Å². The fourth-order valence-corrected chi connectivity index (χ4v) is 3.03. The highest BCUT2D eigenvalue weighted by Crippen LogP contribution is 2.17. The molecule has 0 unspecified atom stereocenters. The van der Waals surface area contributed by atoms with Crippen LogP contribution in [0.4, 0.5) is 0 Å². The third-order valence-electron chi connectivity index (χ3n) is 4.27. The van der Waals surface area contributed by atoms with E-state index in [2.05, 4.69) is 59.1 Å². The molecule has 122 valence electrons. The van der Waals surface area contributed by atoms with Crippen molar-refractivity contribution in [2.75, 3.05) is 0 Å². The van der Waals surface area contributed by atoms with Gasteiger partial charge < -0.3 is 0 Å². The van der Waals surface area contributed by atoms with Gasteiger partial charge in [-0.15, -0.1) is 0 Å². The summed E-state index contributed by atoms with van der Waals surface area (Å²) in [6.45, 7) is 6.22. The SMILES string of the molecule is CCc1nc(C)nc(Cc2cncc(Cc3ccccc3)c2)c1C. The van der Waals surface area contributed by atoms with Gasteiger partial charge in [-0.3, -0.25) is 4.98 Å². The molecule has 0 N–H and O–H groups in total. The average Bonchev–Trinajstić information content (AvgIpc) is 2.59. The zero-order chi connectivity index (χ0) is 16.9. The van der Waals surface area contributed by atoms with Crippen LogP contribution in [0.15, 0.2) is 48.8 Å². The molecule has 3 nitrogen and oxygen atoms in total. The number of pyridine rings is 1. The summed E-state index contributed by atoms with van der Waals surface area (Å²) in [6, 6.07) is 12.7. The molecule has 24 heavy (non-hydrogen) atoms. The van der Waals surface area contributed by atoms with Gasteiger partial charge in [0, 0.05) is 24.5 Å². The van der Waals surface area contributed by atoms with Crippen molar-refractivity contribution in [1.82, 2.24) is 15.0 Å². The maximum absolute atomic E-state index is 4.65. The highest BCUT2D eigenvalue weighted by molar-refractivity contribution is 5.32. The molecule has 3 rings (SSSR count). The molecule has 0 fully saturated rings. The van der Waals surface area contributed by atoms with E-state index in [1.807, 2.05) is 25.4 Å².